The van der Waals surface area contributed by atoms with Crippen LogP contribution in [0.25, 0.3) is 10.9 Å². The molecule has 0 fully saturated rings. The number of pyridine rings is 1. The van der Waals surface area contributed by atoms with Crippen molar-refractivity contribution in [3.8, 4) is 0 Å². The van der Waals surface area contributed by atoms with Gasteiger partial charge in [-0.3, -0.25) is 9.78 Å². The molecule has 1 heterocycles. The van der Waals surface area contributed by atoms with Crippen LogP contribution in [0.5, 0.6) is 0 Å². The maximum atomic E-state index is 11.1. The number of aryl methyl sites for hydroxylation is 1. The maximum Gasteiger partial charge on any atom is 0.307 e. The largest absolute Gasteiger partial charge is 0.481 e. The van der Waals surface area contributed by atoms with Crippen LogP contribution in [0.3, 0.4) is 0 Å². The zero-order valence-corrected chi connectivity index (χ0v) is 12.5. The minimum absolute atomic E-state index is 0.0370. The van der Waals surface area contributed by atoms with Crippen molar-refractivity contribution in [3.05, 3.63) is 41.1 Å². The van der Waals surface area contributed by atoms with E-state index in [4.69, 9.17) is 10.1 Å². The van der Waals surface area contributed by atoms with Crippen molar-refractivity contribution in [2.75, 3.05) is 0 Å². The molecular weight excluding hydrogens is 250 g/mol. The molecule has 1 aromatic heterocycles. The van der Waals surface area contributed by atoms with Gasteiger partial charge < -0.3 is 5.11 Å². The Balaban J connectivity index is 2.78. The first-order chi connectivity index (χ1) is 9.32. The number of nitrogens with zero attached hydrogens (tertiary/aromatic N) is 1. The quantitative estimate of drug-likeness (QED) is 0.925. The molecule has 1 aromatic carbocycles. The lowest BCUT2D eigenvalue weighted by Crippen LogP contribution is -2.15. The van der Waals surface area contributed by atoms with E-state index < -0.39 is 5.97 Å². The van der Waals surface area contributed by atoms with Gasteiger partial charge in [0.25, 0.3) is 0 Å². The molecule has 106 valence electrons. The fourth-order valence-electron chi connectivity index (χ4n) is 2.36. The van der Waals surface area contributed by atoms with Crippen molar-refractivity contribution in [3.63, 3.8) is 0 Å². The SMILES string of the molecule is CCc1cccc2c(CC(=O)O)cc(C(C)(C)C)nc12. The summed E-state index contributed by atoms with van der Waals surface area (Å²) in [6.07, 6.45) is 0.930. The third-order valence-corrected chi connectivity index (χ3v) is 3.50. The number of fused-ring (bicyclic) bond motifs is 1. The number of hydrogen-bond donors (Lipinski definition) is 1. The van der Waals surface area contributed by atoms with E-state index in [1.807, 2.05) is 18.2 Å². The van der Waals surface area contributed by atoms with Crippen LogP contribution in [0.15, 0.2) is 24.3 Å². The highest BCUT2D eigenvalue weighted by molar-refractivity contribution is 5.88. The van der Waals surface area contributed by atoms with Crippen molar-refractivity contribution in [2.45, 2.75) is 46.0 Å². The molecule has 20 heavy (non-hydrogen) atoms. The molecule has 0 aliphatic carbocycles. The van der Waals surface area contributed by atoms with Crippen LogP contribution in [0.2, 0.25) is 0 Å². The number of aliphatic carboxylic acids is 1. The molecule has 1 N–H and O–H groups in total. The number of carbonyl (C=O) groups is 1. The smallest absolute Gasteiger partial charge is 0.307 e. The first-order valence-electron chi connectivity index (χ1n) is 6.96. The van der Waals surface area contributed by atoms with Gasteiger partial charge in [-0.05, 0) is 23.6 Å². The monoisotopic (exact) mass is 271 g/mol. The Morgan fingerprint density at radius 2 is 1.95 bits per heavy atom. The maximum absolute atomic E-state index is 11.1. The van der Waals surface area contributed by atoms with E-state index in [-0.39, 0.29) is 11.8 Å². The second-order valence-corrected chi connectivity index (χ2v) is 6.15. The highest BCUT2D eigenvalue weighted by Crippen LogP contribution is 2.28. The molecule has 0 bridgehead atoms. The molecule has 2 rings (SSSR count). The van der Waals surface area contributed by atoms with Crippen LogP contribution < -0.4 is 0 Å². The second kappa shape index (κ2) is 5.23. The lowest BCUT2D eigenvalue weighted by Gasteiger charge is -2.20. The van der Waals surface area contributed by atoms with Gasteiger partial charge in [0.15, 0.2) is 0 Å². The van der Waals surface area contributed by atoms with Gasteiger partial charge in [0.1, 0.15) is 0 Å². The van der Waals surface area contributed by atoms with E-state index in [2.05, 4.69) is 33.8 Å². The zero-order valence-electron chi connectivity index (χ0n) is 12.5. The summed E-state index contributed by atoms with van der Waals surface area (Å²) in [7, 11) is 0. The van der Waals surface area contributed by atoms with Crippen molar-refractivity contribution in [1.82, 2.24) is 4.98 Å². The van der Waals surface area contributed by atoms with Gasteiger partial charge in [-0.1, -0.05) is 45.9 Å². The van der Waals surface area contributed by atoms with E-state index in [9.17, 15) is 4.79 Å². The Morgan fingerprint density at radius 3 is 2.50 bits per heavy atom. The average Bonchev–Trinajstić information content (AvgIpc) is 2.36. The van der Waals surface area contributed by atoms with Crippen molar-refractivity contribution >= 4 is 16.9 Å². The summed E-state index contributed by atoms with van der Waals surface area (Å²) in [6, 6.07) is 7.94. The molecular formula is C17H21NO2. The summed E-state index contributed by atoms with van der Waals surface area (Å²) in [5.41, 5.74) is 3.81. The van der Waals surface area contributed by atoms with Crippen molar-refractivity contribution in [1.29, 1.82) is 0 Å². The molecule has 0 amide bonds. The standard InChI is InChI=1S/C17H21NO2/c1-5-11-7-6-8-13-12(10-15(19)20)9-14(17(2,3)4)18-16(11)13/h6-9H,5,10H2,1-4H3,(H,19,20). The number of hydrogen-bond acceptors (Lipinski definition) is 2. The van der Waals surface area contributed by atoms with Gasteiger partial charge >= 0.3 is 5.97 Å². The predicted molar refractivity (Wildman–Crippen MR) is 81.2 cm³/mol. The number of carboxylic acids is 1. The van der Waals surface area contributed by atoms with Crippen LogP contribution >= 0.6 is 0 Å². The summed E-state index contributed by atoms with van der Waals surface area (Å²) in [5.74, 6) is -0.806. The molecule has 0 atom stereocenters. The van der Waals surface area contributed by atoms with Crippen molar-refractivity contribution in [2.24, 2.45) is 0 Å². The number of para-hydroxylation sites is 1. The molecule has 0 saturated carbocycles. The second-order valence-electron chi connectivity index (χ2n) is 6.15. The molecule has 0 spiro atoms. The van der Waals surface area contributed by atoms with Crippen LogP contribution in [0.4, 0.5) is 0 Å². The molecule has 3 heteroatoms. The number of aromatic nitrogens is 1. The lowest BCUT2D eigenvalue weighted by molar-refractivity contribution is -0.136. The number of rotatable bonds is 3. The minimum Gasteiger partial charge on any atom is -0.481 e. The van der Waals surface area contributed by atoms with Gasteiger partial charge in [-0.25, -0.2) is 0 Å². The number of benzene rings is 1. The van der Waals surface area contributed by atoms with Gasteiger partial charge in [-0.15, -0.1) is 0 Å². The third-order valence-electron chi connectivity index (χ3n) is 3.50. The highest BCUT2D eigenvalue weighted by Gasteiger charge is 2.19. The Morgan fingerprint density at radius 1 is 1.25 bits per heavy atom. The summed E-state index contributed by atoms with van der Waals surface area (Å²) in [4.78, 5) is 15.9. The predicted octanol–water partition coefficient (Wildman–Crippen LogP) is 3.72. The van der Waals surface area contributed by atoms with E-state index in [1.54, 1.807) is 0 Å². The van der Waals surface area contributed by atoms with Crippen molar-refractivity contribution < 1.29 is 9.90 Å². The molecule has 0 aliphatic heterocycles. The fourth-order valence-corrected chi connectivity index (χ4v) is 2.36. The molecule has 0 aliphatic rings. The summed E-state index contributed by atoms with van der Waals surface area (Å²) >= 11 is 0. The molecule has 0 radical (unpaired) electrons. The van der Waals surface area contributed by atoms with E-state index in [1.165, 1.54) is 5.56 Å². The van der Waals surface area contributed by atoms with Gasteiger partial charge in [-0.2, -0.15) is 0 Å². The topological polar surface area (TPSA) is 50.2 Å². The molecule has 0 saturated heterocycles. The average molecular weight is 271 g/mol. The Kier molecular flexibility index (Phi) is 3.80. The van der Waals surface area contributed by atoms with Crippen LogP contribution in [0.1, 0.15) is 44.5 Å². The minimum atomic E-state index is -0.806. The van der Waals surface area contributed by atoms with Gasteiger partial charge in [0.2, 0.25) is 0 Å². The first-order valence-corrected chi connectivity index (χ1v) is 6.96. The van der Waals surface area contributed by atoms with E-state index in [0.29, 0.717) is 0 Å². The molecule has 2 aromatic rings. The highest BCUT2D eigenvalue weighted by atomic mass is 16.4. The number of carboxylic acid groups (broad SMARTS) is 1. The van der Waals surface area contributed by atoms with Gasteiger partial charge in [0.05, 0.1) is 11.9 Å². The van der Waals surface area contributed by atoms with E-state index in [0.717, 1.165) is 28.6 Å². The molecule has 3 nitrogen and oxygen atoms in total. The third kappa shape index (κ3) is 2.82. The molecule has 0 unspecified atom stereocenters. The summed E-state index contributed by atoms with van der Waals surface area (Å²) < 4.78 is 0. The summed E-state index contributed by atoms with van der Waals surface area (Å²) in [6.45, 7) is 8.39. The fraction of sp³-hybridized carbons (Fsp3) is 0.412. The van der Waals surface area contributed by atoms with Crippen LogP contribution in [0, 0.1) is 0 Å². The summed E-state index contributed by atoms with van der Waals surface area (Å²) in [5, 5.41) is 10.1. The van der Waals surface area contributed by atoms with Gasteiger partial charge in [0, 0.05) is 16.5 Å². The van der Waals surface area contributed by atoms with Crippen LogP contribution in [-0.2, 0) is 23.1 Å². The van der Waals surface area contributed by atoms with E-state index >= 15 is 0 Å². The zero-order chi connectivity index (χ0) is 14.9. The van der Waals surface area contributed by atoms with Crippen LogP contribution in [-0.4, -0.2) is 16.1 Å². The Bertz CT molecular complexity index is 654. The Labute approximate surface area is 119 Å². The lowest BCUT2D eigenvalue weighted by atomic mass is 9.89. The Hall–Kier alpha value is -1.90. The normalized spacial score (nSPS) is 11.8. The first kappa shape index (κ1) is 14.5.